The minimum Gasteiger partial charge on any atom is -0.299 e. The van der Waals surface area contributed by atoms with Crippen molar-refractivity contribution in [2.75, 3.05) is 0 Å². The first-order chi connectivity index (χ1) is 7.74. The van der Waals surface area contributed by atoms with Gasteiger partial charge in [-0.3, -0.25) is 9.48 Å². The minimum atomic E-state index is 0.307. The van der Waals surface area contributed by atoms with Crippen molar-refractivity contribution in [3.05, 3.63) is 29.6 Å². The van der Waals surface area contributed by atoms with Crippen LogP contribution in [0.5, 0.6) is 0 Å². The average molecular weight is 218 g/mol. The van der Waals surface area contributed by atoms with Crippen LogP contribution in [-0.4, -0.2) is 15.6 Å². The number of nitrogens with zero attached hydrogens (tertiary/aromatic N) is 2. The van der Waals surface area contributed by atoms with E-state index in [-0.39, 0.29) is 0 Å². The molecule has 1 heterocycles. The summed E-state index contributed by atoms with van der Waals surface area (Å²) in [5.41, 5.74) is 2.35. The van der Waals surface area contributed by atoms with Crippen molar-refractivity contribution in [1.82, 2.24) is 9.78 Å². The highest BCUT2D eigenvalue weighted by Crippen LogP contribution is 2.20. The van der Waals surface area contributed by atoms with Gasteiger partial charge in [-0.05, 0) is 31.2 Å². The van der Waals surface area contributed by atoms with Crippen LogP contribution < -0.4 is 0 Å². The van der Waals surface area contributed by atoms with Gasteiger partial charge in [0.25, 0.3) is 0 Å². The molecule has 3 heteroatoms. The predicted molar refractivity (Wildman–Crippen MR) is 63.1 cm³/mol. The Bertz CT molecular complexity index is 404. The number of allylic oxidation sites excluding steroid dienone is 2. The van der Waals surface area contributed by atoms with E-state index in [0.717, 1.165) is 18.4 Å². The summed E-state index contributed by atoms with van der Waals surface area (Å²) >= 11 is 0. The third kappa shape index (κ3) is 3.05. The topological polar surface area (TPSA) is 34.9 Å². The molecule has 0 amide bonds. The maximum atomic E-state index is 11.8. The number of ketones is 1. The van der Waals surface area contributed by atoms with Gasteiger partial charge in [0.1, 0.15) is 5.78 Å². The lowest BCUT2D eigenvalue weighted by Gasteiger charge is -2.11. The molecule has 86 valence electrons. The maximum absolute atomic E-state index is 11.8. The quantitative estimate of drug-likeness (QED) is 0.727. The molecule has 3 nitrogen and oxygen atoms in total. The van der Waals surface area contributed by atoms with E-state index in [9.17, 15) is 4.79 Å². The van der Waals surface area contributed by atoms with Crippen LogP contribution in [0.3, 0.4) is 0 Å². The molecule has 0 bridgehead atoms. The Balaban J connectivity index is 1.86. The first-order valence-electron chi connectivity index (χ1n) is 5.91. The smallest absolute Gasteiger partial charge is 0.141 e. The third-order valence-corrected chi connectivity index (χ3v) is 2.97. The van der Waals surface area contributed by atoms with Crippen LogP contribution in [-0.2, 0) is 18.3 Å². The Hall–Kier alpha value is -1.38. The molecule has 2 rings (SSSR count). The normalized spacial score (nSPS) is 15.9. The van der Waals surface area contributed by atoms with Gasteiger partial charge in [-0.1, -0.05) is 11.6 Å². The fourth-order valence-corrected chi connectivity index (χ4v) is 2.17. The van der Waals surface area contributed by atoms with Gasteiger partial charge in [0.15, 0.2) is 0 Å². The monoisotopic (exact) mass is 218 g/mol. The standard InChI is InChI=1S/C13H18N2O/c1-15-10-12(9-14-15)8-13(16)7-11-5-3-2-4-6-11/h5,9-10H,2-4,6-8H2,1H3. The fourth-order valence-electron chi connectivity index (χ4n) is 2.17. The molecule has 16 heavy (non-hydrogen) atoms. The fraction of sp³-hybridized carbons (Fsp3) is 0.538. The number of hydrogen-bond acceptors (Lipinski definition) is 2. The van der Waals surface area contributed by atoms with Gasteiger partial charge >= 0.3 is 0 Å². The molecule has 0 radical (unpaired) electrons. The Morgan fingerprint density at radius 2 is 2.31 bits per heavy atom. The van der Waals surface area contributed by atoms with E-state index in [1.807, 2.05) is 13.2 Å². The highest BCUT2D eigenvalue weighted by molar-refractivity contribution is 5.82. The number of aromatic nitrogens is 2. The molecular weight excluding hydrogens is 200 g/mol. The first kappa shape index (κ1) is 11.1. The van der Waals surface area contributed by atoms with Crippen LogP contribution in [0.4, 0.5) is 0 Å². The molecule has 1 aromatic rings. The van der Waals surface area contributed by atoms with E-state index in [4.69, 9.17) is 0 Å². The van der Waals surface area contributed by atoms with Crippen LogP contribution in [0.1, 0.15) is 37.7 Å². The van der Waals surface area contributed by atoms with Crippen molar-refractivity contribution >= 4 is 5.78 Å². The van der Waals surface area contributed by atoms with Crippen molar-refractivity contribution < 1.29 is 4.79 Å². The van der Waals surface area contributed by atoms with Gasteiger partial charge in [-0.25, -0.2) is 0 Å². The van der Waals surface area contributed by atoms with Gasteiger partial charge in [0, 0.05) is 26.1 Å². The summed E-state index contributed by atoms with van der Waals surface area (Å²) < 4.78 is 1.74. The van der Waals surface area contributed by atoms with E-state index in [2.05, 4.69) is 11.2 Å². The molecule has 0 aromatic carbocycles. The van der Waals surface area contributed by atoms with Crippen LogP contribution in [0.2, 0.25) is 0 Å². The number of hydrogen-bond donors (Lipinski definition) is 0. The lowest BCUT2D eigenvalue weighted by atomic mass is 9.94. The number of aryl methyl sites for hydroxylation is 1. The van der Waals surface area contributed by atoms with Gasteiger partial charge in [-0.15, -0.1) is 0 Å². The molecule has 0 spiro atoms. The molecule has 0 saturated carbocycles. The zero-order chi connectivity index (χ0) is 11.4. The maximum Gasteiger partial charge on any atom is 0.141 e. The molecule has 1 aliphatic rings. The SMILES string of the molecule is Cn1cc(CC(=O)CC2=CCCCC2)cn1. The van der Waals surface area contributed by atoms with E-state index in [1.165, 1.54) is 18.4 Å². The average Bonchev–Trinajstić information content (AvgIpc) is 2.65. The Morgan fingerprint density at radius 3 is 2.94 bits per heavy atom. The summed E-state index contributed by atoms with van der Waals surface area (Å²) in [4.78, 5) is 11.8. The summed E-state index contributed by atoms with van der Waals surface area (Å²) in [6, 6.07) is 0. The molecule has 0 saturated heterocycles. The highest BCUT2D eigenvalue weighted by atomic mass is 16.1. The van der Waals surface area contributed by atoms with Crippen LogP contribution in [0, 0.1) is 0 Å². The van der Waals surface area contributed by atoms with E-state index in [0.29, 0.717) is 18.6 Å². The lowest BCUT2D eigenvalue weighted by molar-refractivity contribution is -0.117. The van der Waals surface area contributed by atoms with Crippen molar-refractivity contribution in [3.63, 3.8) is 0 Å². The zero-order valence-corrected chi connectivity index (χ0v) is 9.78. The van der Waals surface area contributed by atoms with Gasteiger partial charge in [-0.2, -0.15) is 5.10 Å². The van der Waals surface area contributed by atoms with E-state index in [1.54, 1.807) is 10.9 Å². The molecule has 0 fully saturated rings. The van der Waals surface area contributed by atoms with Crippen LogP contribution >= 0.6 is 0 Å². The predicted octanol–water partition coefficient (Wildman–Crippen LogP) is 2.42. The minimum absolute atomic E-state index is 0.307. The van der Waals surface area contributed by atoms with Gasteiger partial charge in [0.05, 0.1) is 6.20 Å². The Morgan fingerprint density at radius 1 is 1.44 bits per heavy atom. The molecule has 1 aromatic heterocycles. The Kier molecular flexibility index (Phi) is 3.54. The summed E-state index contributed by atoms with van der Waals surface area (Å²) in [5, 5.41) is 4.07. The molecule has 1 aliphatic carbocycles. The summed E-state index contributed by atoms with van der Waals surface area (Å²) in [5.74, 6) is 0.307. The van der Waals surface area contributed by atoms with Crippen molar-refractivity contribution in [2.24, 2.45) is 7.05 Å². The second-order valence-corrected chi connectivity index (χ2v) is 4.52. The van der Waals surface area contributed by atoms with Crippen molar-refractivity contribution in [1.29, 1.82) is 0 Å². The summed E-state index contributed by atoms with van der Waals surface area (Å²) in [6.45, 7) is 0. The number of Topliss-reactive ketones (excluding diaryl/α,β-unsaturated/α-hetero) is 1. The molecule has 0 atom stereocenters. The van der Waals surface area contributed by atoms with E-state index >= 15 is 0 Å². The zero-order valence-electron chi connectivity index (χ0n) is 9.78. The number of carbonyl (C=O) groups excluding carboxylic acids is 1. The molecule has 0 N–H and O–H groups in total. The molecular formula is C13H18N2O. The highest BCUT2D eigenvalue weighted by Gasteiger charge is 2.10. The first-order valence-corrected chi connectivity index (χ1v) is 5.91. The van der Waals surface area contributed by atoms with Gasteiger partial charge in [0.2, 0.25) is 0 Å². The van der Waals surface area contributed by atoms with Crippen LogP contribution in [0.15, 0.2) is 24.0 Å². The number of rotatable bonds is 4. The van der Waals surface area contributed by atoms with Crippen molar-refractivity contribution in [3.8, 4) is 0 Å². The third-order valence-electron chi connectivity index (χ3n) is 2.97. The Labute approximate surface area is 96.2 Å². The second kappa shape index (κ2) is 5.10. The van der Waals surface area contributed by atoms with E-state index < -0.39 is 0 Å². The summed E-state index contributed by atoms with van der Waals surface area (Å²) in [7, 11) is 1.87. The largest absolute Gasteiger partial charge is 0.299 e. The second-order valence-electron chi connectivity index (χ2n) is 4.52. The lowest BCUT2D eigenvalue weighted by Crippen LogP contribution is -2.05. The van der Waals surface area contributed by atoms with Crippen LogP contribution in [0.25, 0.3) is 0 Å². The van der Waals surface area contributed by atoms with Gasteiger partial charge < -0.3 is 0 Å². The molecule has 0 aliphatic heterocycles. The van der Waals surface area contributed by atoms with Crippen molar-refractivity contribution in [2.45, 2.75) is 38.5 Å². The molecule has 0 unspecified atom stereocenters. The summed E-state index contributed by atoms with van der Waals surface area (Å²) in [6.07, 6.45) is 11.9. The number of carbonyl (C=O) groups is 1.